The SMILES string of the molecule is C[SiH](C)[C@@]1(N2C(=[SiH2])Nc3c(NC(=O)c4ccccc4)ncnc32)O[C@H](C(O)C(C)(C)C)[C@@H](OC(C)(C)C)[C@H]1OC(C)(C)C. The van der Waals surface area contributed by atoms with Gasteiger partial charge in [0.05, 0.1) is 31.5 Å². The number of benzene rings is 1. The number of ether oxygens (including phenoxy) is 3. The smallest absolute Gasteiger partial charge is 0.256 e. The van der Waals surface area contributed by atoms with Crippen molar-refractivity contribution in [2.45, 2.75) is 116 Å². The van der Waals surface area contributed by atoms with Gasteiger partial charge in [-0.05, 0) is 59.1 Å². The van der Waals surface area contributed by atoms with Crippen LogP contribution in [0, 0.1) is 5.41 Å². The fourth-order valence-electron chi connectivity index (χ4n) is 5.70. The normalized spacial score (nSPS) is 25.1. The van der Waals surface area contributed by atoms with Crippen molar-refractivity contribution < 1.29 is 24.1 Å². The van der Waals surface area contributed by atoms with Crippen molar-refractivity contribution in [3.05, 3.63) is 42.2 Å². The Labute approximate surface area is 260 Å². The second-order valence-electron chi connectivity index (χ2n) is 14.8. The summed E-state index contributed by atoms with van der Waals surface area (Å²) in [5.41, 5.74) is 0.334. The van der Waals surface area contributed by atoms with Gasteiger partial charge in [-0.3, -0.25) is 9.69 Å². The Morgan fingerprint density at radius 3 is 2.21 bits per heavy atom. The van der Waals surface area contributed by atoms with Crippen LogP contribution in [0.1, 0.15) is 72.7 Å². The summed E-state index contributed by atoms with van der Waals surface area (Å²) in [4.78, 5) is 24.3. The van der Waals surface area contributed by atoms with E-state index in [1.165, 1.54) is 6.33 Å². The molecule has 3 heterocycles. The highest BCUT2D eigenvalue weighted by molar-refractivity contribution is 6.62. The molecule has 10 nitrogen and oxygen atoms in total. The Bertz CT molecular complexity index is 1340. The minimum absolute atomic E-state index is 0.270. The predicted octanol–water partition coefficient (Wildman–Crippen LogP) is 3.58. The molecule has 1 saturated heterocycles. The van der Waals surface area contributed by atoms with Crippen LogP contribution >= 0.6 is 0 Å². The summed E-state index contributed by atoms with van der Waals surface area (Å²) in [6.07, 6.45) is -1.23. The third-order valence-corrected chi connectivity index (χ3v) is 10.4. The number of aromatic nitrogens is 2. The van der Waals surface area contributed by atoms with Gasteiger partial charge >= 0.3 is 0 Å². The molecule has 5 atom stereocenters. The molecule has 1 aromatic carbocycles. The lowest BCUT2D eigenvalue weighted by molar-refractivity contribution is -0.171. The lowest BCUT2D eigenvalue weighted by atomic mass is 9.83. The van der Waals surface area contributed by atoms with E-state index < -0.39 is 55.2 Å². The number of carbonyl (C=O) groups excluding carboxylic acids is 1. The van der Waals surface area contributed by atoms with Crippen molar-refractivity contribution in [3.63, 3.8) is 0 Å². The summed E-state index contributed by atoms with van der Waals surface area (Å²) in [5.74, 6) is 0.673. The van der Waals surface area contributed by atoms with E-state index in [1.54, 1.807) is 22.0 Å². The fourth-order valence-corrected chi connectivity index (χ4v) is 8.59. The first kappa shape index (κ1) is 33.4. The monoisotopic (exact) mass is 627 g/mol. The molecule has 0 radical (unpaired) electrons. The molecule has 0 spiro atoms. The Hall–Kier alpha value is -2.49. The van der Waals surface area contributed by atoms with Gasteiger partial charge in [0.15, 0.2) is 17.0 Å². The Morgan fingerprint density at radius 2 is 1.67 bits per heavy atom. The third kappa shape index (κ3) is 6.79. The molecule has 0 bridgehead atoms. The van der Waals surface area contributed by atoms with E-state index in [4.69, 9.17) is 19.2 Å². The molecule has 2 aliphatic heterocycles. The first-order valence-electron chi connectivity index (χ1n) is 15.0. The number of nitrogens with zero attached hydrogens (tertiary/aromatic N) is 3. The van der Waals surface area contributed by atoms with Crippen LogP contribution in [0.15, 0.2) is 36.7 Å². The van der Waals surface area contributed by atoms with Crippen molar-refractivity contribution in [2.75, 3.05) is 15.5 Å². The minimum atomic E-state index is -1.91. The molecular formula is C31H49N5O5Si2. The summed E-state index contributed by atoms with van der Waals surface area (Å²) in [6, 6.07) is 9.02. The Morgan fingerprint density at radius 1 is 1.07 bits per heavy atom. The van der Waals surface area contributed by atoms with Crippen LogP contribution in [0.5, 0.6) is 0 Å². The van der Waals surface area contributed by atoms with Gasteiger partial charge in [-0.1, -0.05) is 52.1 Å². The maximum atomic E-state index is 13.1. The van der Waals surface area contributed by atoms with Gasteiger partial charge in [-0.25, -0.2) is 9.97 Å². The van der Waals surface area contributed by atoms with E-state index >= 15 is 0 Å². The molecule has 1 unspecified atom stereocenters. The average Bonchev–Trinajstić information content (AvgIpc) is 3.37. The minimum Gasteiger partial charge on any atom is -0.390 e. The van der Waals surface area contributed by atoms with E-state index in [0.29, 0.717) is 22.9 Å². The Balaban J connectivity index is 1.88. The van der Waals surface area contributed by atoms with Gasteiger partial charge in [0, 0.05) is 15.4 Å². The van der Waals surface area contributed by atoms with Crippen molar-refractivity contribution >= 4 is 47.3 Å². The summed E-state index contributed by atoms with van der Waals surface area (Å²) < 4.78 is 20.9. The highest BCUT2D eigenvalue weighted by atomic mass is 28.3. The second-order valence-corrected chi connectivity index (χ2v) is 18.6. The second kappa shape index (κ2) is 11.8. The molecular weight excluding hydrogens is 579 g/mol. The van der Waals surface area contributed by atoms with Crippen LogP contribution in [-0.2, 0) is 14.2 Å². The maximum Gasteiger partial charge on any atom is 0.256 e. The zero-order chi connectivity index (χ0) is 32.1. The number of aliphatic hydroxyl groups is 1. The number of aliphatic hydroxyl groups excluding tert-OH is 1. The molecule has 4 rings (SSSR count). The van der Waals surface area contributed by atoms with Gasteiger partial charge in [-0.15, -0.1) is 0 Å². The number of carbonyl (C=O) groups is 1. The molecule has 1 amide bonds. The standard InChI is InChI=1S/C31H49N5O5Si2/c1-28(2,3)22(37)20-21(39-29(4,5)6)23(41-30(7,8)9)31(40-20,43(10)11)36-25-19(34-27(36)42)24(32-17-33-25)35-26(38)18-15-13-12-14-16-18/h12-17,20-23,34,37,43H,42H2,1-11H3,(H,32,33,35,38)/t20-,21+,22?,23+,31-/m0/s1. The number of hydrogen-bond acceptors (Lipinski definition) is 9. The van der Waals surface area contributed by atoms with Crippen LogP contribution in [0.2, 0.25) is 13.1 Å². The van der Waals surface area contributed by atoms with Gasteiger partial charge in [-0.2, -0.15) is 0 Å². The van der Waals surface area contributed by atoms with Crippen LogP contribution in [0.25, 0.3) is 0 Å². The summed E-state index contributed by atoms with van der Waals surface area (Å²) >= 11 is 0. The number of nitrogens with one attached hydrogen (secondary N) is 2. The highest BCUT2D eigenvalue weighted by Crippen LogP contribution is 2.50. The van der Waals surface area contributed by atoms with Gasteiger partial charge in [0.25, 0.3) is 5.91 Å². The van der Waals surface area contributed by atoms with E-state index in [2.05, 4.69) is 33.6 Å². The van der Waals surface area contributed by atoms with Crippen molar-refractivity contribution in [2.24, 2.45) is 5.41 Å². The van der Waals surface area contributed by atoms with Gasteiger partial charge in [0.2, 0.25) is 0 Å². The first-order valence-corrected chi connectivity index (χ1v) is 18.5. The number of amides is 1. The average molecular weight is 628 g/mol. The number of fused-ring (bicyclic) bond motifs is 1. The fraction of sp³-hybridized carbons (Fsp3) is 0.613. The van der Waals surface area contributed by atoms with Crippen molar-refractivity contribution in [1.82, 2.24) is 9.97 Å². The van der Waals surface area contributed by atoms with E-state index in [-0.39, 0.29) is 5.91 Å². The van der Waals surface area contributed by atoms with Gasteiger partial charge in [0.1, 0.15) is 30.3 Å². The lowest BCUT2D eigenvalue weighted by Crippen LogP contribution is -2.68. The lowest BCUT2D eigenvalue weighted by Gasteiger charge is -2.47. The van der Waals surface area contributed by atoms with Crippen LogP contribution in [0.4, 0.5) is 17.3 Å². The van der Waals surface area contributed by atoms with Crippen LogP contribution < -0.4 is 15.5 Å². The molecule has 2 aliphatic rings. The quantitative estimate of drug-likeness (QED) is 0.396. The molecule has 0 saturated carbocycles. The van der Waals surface area contributed by atoms with E-state index in [9.17, 15) is 9.90 Å². The topological polar surface area (TPSA) is 118 Å². The predicted molar refractivity (Wildman–Crippen MR) is 177 cm³/mol. The molecule has 1 aromatic heterocycles. The van der Waals surface area contributed by atoms with Crippen molar-refractivity contribution in [1.29, 1.82) is 0 Å². The number of hydrogen-bond donors (Lipinski definition) is 3. The maximum absolute atomic E-state index is 13.1. The number of anilines is 3. The van der Waals surface area contributed by atoms with Crippen molar-refractivity contribution in [3.8, 4) is 0 Å². The number of rotatable bonds is 7. The Kier molecular flexibility index (Phi) is 9.16. The molecule has 43 heavy (non-hydrogen) atoms. The van der Waals surface area contributed by atoms with Crippen LogP contribution in [-0.4, -0.2) is 86.0 Å². The van der Waals surface area contributed by atoms with Gasteiger partial charge < -0.3 is 30.0 Å². The van der Waals surface area contributed by atoms with Crippen LogP contribution in [0.3, 0.4) is 0 Å². The summed E-state index contributed by atoms with van der Waals surface area (Å²) in [7, 11) is -0.223. The largest absolute Gasteiger partial charge is 0.390 e. The molecule has 0 aliphatic carbocycles. The molecule has 2 aromatic rings. The van der Waals surface area contributed by atoms with E-state index in [1.807, 2.05) is 80.5 Å². The first-order chi connectivity index (χ1) is 19.8. The molecule has 1 fully saturated rings. The zero-order valence-electron chi connectivity index (χ0n) is 27.5. The molecule has 12 heteroatoms. The summed E-state index contributed by atoms with van der Waals surface area (Å²) in [5, 5.41) is 17.2. The molecule has 3 N–H and O–H groups in total. The highest BCUT2D eigenvalue weighted by Gasteiger charge is 2.66. The third-order valence-electron chi connectivity index (χ3n) is 7.55. The summed E-state index contributed by atoms with van der Waals surface area (Å²) in [6.45, 7) is 22.5. The molecule has 236 valence electrons. The van der Waals surface area contributed by atoms with E-state index in [0.717, 1.165) is 5.42 Å². The zero-order valence-corrected chi connectivity index (χ0v) is 30.0.